The number of rotatable bonds is 5. The van der Waals surface area contributed by atoms with Crippen LogP contribution in [0.5, 0.6) is 5.95 Å². The van der Waals surface area contributed by atoms with Crippen molar-refractivity contribution in [1.29, 1.82) is 0 Å². The second kappa shape index (κ2) is 6.42. The molecule has 1 fully saturated rings. The Hall–Kier alpha value is -1.53. The van der Waals surface area contributed by atoms with E-state index in [2.05, 4.69) is 5.32 Å². The number of carbonyl (C=O) groups excluding carboxylic acids is 1. The minimum absolute atomic E-state index is 0.0935. The van der Waals surface area contributed by atoms with Crippen molar-refractivity contribution >= 4 is 5.91 Å². The number of hydrogen-bond acceptors (Lipinski definition) is 5. The zero-order valence-electron chi connectivity index (χ0n) is 10.3. The zero-order valence-corrected chi connectivity index (χ0v) is 10.3. The number of hydrogen-bond donors (Lipinski definition) is 1. The van der Waals surface area contributed by atoms with E-state index in [-0.39, 0.29) is 17.8 Å². The molecule has 1 aliphatic heterocycles. The second-order valence-corrected chi connectivity index (χ2v) is 3.83. The highest BCUT2D eigenvalue weighted by molar-refractivity contribution is 5.91. The number of amides is 1. The maximum absolute atomic E-state index is 11.7. The average Bonchev–Trinajstić information content (AvgIpc) is 2.86. The Balaban J connectivity index is 1.79. The van der Waals surface area contributed by atoms with Gasteiger partial charge >= 0.3 is 0 Å². The lowest BCUT2D eigenvalue weighted by molar-refractivity contribution is -0.0856. The summed E-state index contributed by atoms with van der Waals surface area (Å²) >= 11 is 0. The van der Waals surface area contributed by atoms with Gasteiger partial charge in [-0.2, -0.15) is 0 Å². The fraction of sp³-hybridized carbons (Fsp3) is 0.583. The van der Waals surface area contributed by atoms with E-state index in [1.54, 1.807) is 12.1 Å². The Labute approximate surface area is 105 Å². The molecular formula is C12H17NO5. The van der Waals surface area contributed by atoms with Gasteiger partial charge in [0.05, 0.1) is 32.5 Å². The van der Waals surface area contributed by atoms with Gasteiger partial charge in [0.2, 0.25) is 0 Å². The Morgan fingerprint density at radius 3 is 3.11 bits per heavy atom. The van der Waals surface area contributed by atoms with Gasteiger partial charge in [0, 0.05) is 12.6 Å². The molecule has 1 saturated heterocycles. The first-order valence-electron chi connectivity index (χ1n) is 5.99. The van der Waals surface area contributed by atoms with Crippen molar-refractivity contribution in [2.75, 3.05) is 33.0 Å². The van der Waals surface area contributed by atoms with E-state index >= 15 is 0 Å². The standard InChI is InChI=1S/C12H17NO5/c1-2-16-11-4-3-10(18-11)12(14)13-7-9-8-15-5-6-17-9/h3-4,9H,2,5-8H2,1H3,(H,13,14)/t9-/m0/s1. The van der Waals surface area contributed by atoms with Crippen molar-refractivity contribution in [2.45, 2.75) is 13.0 Å². The van der Waals surface area contributed by atoms with E-state index in [0.717, 1.165) is 0 Å². The lowest BCUT2D eigenvalue weighted by Crippen LogP contribution is -2.39. The third-order valence-corrected chi connectivity index (χ3v) is 2.47. The van der Waals surface area contributed by atoms with Crippen LogP contribution in [0, 0.1) is 0 Å². The summed E-state index contributed by atoms with van der Waals surface area (Å²) in [5.74, 6) is 0.296. The number of ether oxygens (including phenoxy) is 3. The monoisotopic (exact) mass is 255 g/mol. The molecule has 0 bridgehead atoms. The summed E-state index contributed by atoms with van der Waals surface area (Å²) in [4.78, 5) is 11.7. The van der Waals surface area contributed by atoms with Crippen molar-refractivity contribution < 1.29 is 23.4 Å². The van der Waals surface area contributed by atoms with Crippen LogP contribution in [-0.2, 0) is 9.47 Å². The Bertz CT molecular complexity index is 384. The highest BCUT2D eigenvalue weighted by Gasteiger charge is 2.17. The lowest BCUT2D eigenvalue weighted by Gasteiger charge is -2.22. The van der Waals surface area contributed by atoms with Crippen molar-refractivity contribution in [1.82, 2.24) is 5.32 Å². The van der Waals surface area contributed by atoms with Crippen LogP contribution in [0.1, 0.15) is 17.5 Å². The molecule has 2 rings (SSSR count). The van der Waals surface area contributed by atoms with Gasteiger partial charge in [-0.3, -0.25) is 4.79 Å². The van der Waals surface area contributed by atoms with Gasteiger partial charge in [0.1, 0.15) is 0 Å². The van der Waals surface area contributed by atoms with Crippen LogP contribution >= 0.6 is 0 Å². The van der Waals surface area contributed by atoms with Gasteiger partial charge in [0.15, 0.2) is 5.76 Å². The SMILES string of the molecule is CCOc1ccc(C(=O)NC[C@H]2COCCO2)o1. The predicted molar refractivity (Wildman–Crippen MR) is 62.8 cm³/mol. The first-order valence-corrected chi connectivity index (χ1v) is 5.99. The van der Waals surface area contributed by atoms with Crippen LogP contribution in [0.3, 0.4) is 0 Å². The van der Waals surface area contributed by atoms with Gasteiger partial charge in [-0.25, -0.2) is 0 Å². The van der Waals surface area contributed by atoms with E-state index in [1.165, 1.54) is 0 Å². The smallest absolute Gasteiger partial charge is 0.287 e. The van der Waals surface area contributed by atoms with Crippen LogP contribution in [0.4, 0.5) is 0 Å². The first kappa shape index (κ1) is 12.9. The molecule has 6 heteroatoms. The van der Waals surface area contributed by atoms with Crippen LogP contribution in [0.2, 0.25) is 0 Å². The molecule has 18 heavy (non-hydrogen) atoms. The van der Waals surface area contributed by atoms with Crippen molar-refractivity contribution in [3.05, 3.63) is 17.9 Å². The molecule has 0 unspecified atom stereocenters. The molecule has 0 radical (unpaired) electrons. The number of furan rings is 1. The molecule has 6 nitrogen and oxygen atoms in total. The van der Waals surface area contributed by atoms with Crippen LogP contribution in [0.25, 0.3) is 0 Å². The molecule has 0 aliphatic carbocycles. The van der Waals surface area contributed by atoms with Crippen LogP contribution in [0.15, 0.2) is 16.5 Å². The minimum atomic E-state index is -0.282. The fourth-order valence-corrected chi connectivity index (χ4v) is 1.61. The Kier molecular flexibility index (Phi) is 4.60. The molecule has 2 heterocycles. The summed E-state index contributed by atoms with van der Waals surface area (Å²) in [6.07, 6.45) is -0.0935. The van der Waals surface area contributed by atoms with Gasteiger partial charge < -0.3 is 23.9 Å². The van der Waals surface area contributed by atoms with Crippen molar-refractivity contribution in [3.8, 4) is 5.95 Å². The second-order valence-electron chi connectivity index (χ2n) is 3.83. The van der Waals surface area contributed by atoms with Gasteiger partial charge in [-0.05, 0) is 13.0 Å². The van der Waals surface area contributed by atoms with Crippen molar-refractivity contribution in [3.63, 3.8) is 0 Å². The summed E-state index contributed by atoms with van der Waals surface area (Å²) < 4.78 is 21.0. The van der Waals surface area contributed by atoms with Gasteiger partial charge in [-0.15, -0.1) is 0 Å². The molecule has 100 valence electrons. The predicted octanol–water partition coefficient (Wildman–Crippen LogP) is 0.823. The molecule has 0 spiro atoms. The average molecular weight is 255 g/mol. The quantitative estimate of drug-likeness (QED) is 0.843. The van der Waals surface area contributed by atoms with Gasteiger partial charge in [0.25, 0.3) is 11.9 Å². The third-order valence-electron chi connectivity index (χ3n) is 2.47. The fourth-order valence-electron chi connectivity index (χ4n) is 1.61. The lowest BCUT2D eigenvalue weighted by atomic mass is 10.3. The Morgan fingerprint density at radius 1 is 1.50 bits per heavy atom. The maximum Gasteiger partial charge on any atom is 0.287 e. The summed E-state index contributed by atoms with van der Waals surface area (Å²) in [6.45, 7) is 4.44. The molecule has 1 aromatic heterocycles. The zero-order chi connectivity index (χ0) is 12.8. The minimum Gasteiger partial charge on any atom is -0.465 e. The maximum atomic E-state index is 11.7. The number of nitrogens with one attached hydrogen (secondary N) is 1. The van der Waals surface area contributed by atoms with Gasteiger partial charge in [-0.1, -0.05) is 0 Å². The largest absolute Gasteiger partial charge is 0.465 e. The van der Waals surface area contributed by atoms with Crippen LogP contribution in [-0.4, -0.2) is 45.0 Å². The third kappa shape index (κ3) is 3.48. The highest BCUT2D eigenvalue weighted by Crippen LogP contribution is 2.15. The summed E-state index contributed by atoms with van der Waals surface area (Å²) in [5, 5.41) is 2.73. The summed E-state index contributed by atoms with van der Waals surface area (Å²) in [7, 11) is 0. The topological polar surface area (TPSA) is 69.9 Å². The van der Waals surface area contributed by atoms with E-state index < -0.39 is 0 Å². The van der Waals surface area contributed by atoms with E-state index in [1.807, 2.05) is 6.92 Å². The van der Waals surface area contributed by atoms with E-state index in [0.29, 0.717) is 38.9 Å². The molecular weight excluding hydrogens is 238 g/mol. The summed E-state index contributed by atoms with van der Waals surface area (Å²) in [5.41, 5.74) is 0. The molecule has 1 aliphatic rings. The van der Waals surface area contributed by atoms with E-state index in [9.17, 15) is 4.79 Å². The number of carbonyl (C=O) groups is 1. The molecule has 0 saturated carbocycles. The molecule has 1 amide bonds. The van der Waals surface area contributed by atoms with E-state index in [4.69, 9.17) is 18.6 Å². The normalized spacial score (nSPS) is 19.5. The summed E-state index contributed by atoms with van der Waals surface area (Å²) in [6, 6.07) is 3.21. The molecule has 0 aromatic carbocycles. The molecule has 1 N–H and O–H groups in total. The Morgan fingerprint density at radius 2 is 2.39 bits per heavy atom. The highest BCUT2D eigenvalue weighted by atomic mass is 16.6. The first-order chi connectivity index (χ1) is 8.79. The molecule has 1 aromatic rings. The van der Waals surface area contributed by atoms with Crippen LogP contribution < -0.4 is 10.1 Å². The molecule has 1 atom stereocenters. The van der Waals surface area contributed by atoms with Crippen molar-refractivity contribution in [2.24, 2.45) is 0 Å².